The van der Waals surface area contributed by atoms with Gasteiger partial charge in [0.15, 0.2) is 17.2 Å². The Bertz CT molecular complexity index is 1340. The molecule has 2 saturated heterocycles. The van der Waals surface area contributed by atoms with Crippen LogP contribution in [-0.2, 0) is 23.9 Å². The monoisotopic (exact) mass is 730 g/mol. The Labute approximate surface area is 310 Å². The quantitative estimate of drug-likeness (QED) is 0.0415. The fourth-order valence-electron chi connectivity index (χ4n) is 11.0. The van der Waals surface area contributed by atoms with Gasteiger partial charge in [-0.1, -0.05) is 30.6 Å². The number of aliphatic hydroxyl groups excluding tert-OH is 2. The molecule has 2 heterocycles. The second kappa shape index (κ2) is 17.6. The number of epoxide rings is 1. The molecule has 0 spiro atoms. The summed E-state index contributed by atoms with van der Waals surface area (Å²) in [5, 5.41) is 31.1. The largest absolute Gasteiger partial charge is 0.459 e. The Hall–Kier alpha value is -1.99. The molecule has 0 radical (unpaired) electrons. The maximum absolute atomic E-state index is 14.7. The first-order valence-corrected chi connectivity index (χ1v) is 21.0. The molecule has 9 N–H and O–H groups in total. The van der Waals surface area contributed by atoms with E-state index in [1.807, 2.05) is 6.92 Å². The summed E-state index contributed by atoms with van der Waals surface area (Å²) >= 11 is 0. The molecule has 0 amide bonds. The molecule has 2 aliphatic heterocycles. The van der Waals surface area contributed by atoms with Crippen LogP contribution in [0.1, 0.15) is 110 Å². The number of nitrogens with one attached hydrogen (secondary N) is 1. The lowest BCUT2D eigenvalue weighted by Crippen LogP contribution is -2.97. The summed E-state index contributed by atoms with van der Waals surface area (Å²) < 4.78 is 12.9. The van der Waals surface area contributed by atoms with E-state index in [0.29, 0.717) is 55.2 Å². The van der Waals surface area contributed by atoms with Gasteiger partial charge in [-0.2, -0.15) is 0 Å². The first kappa shape index (κ1) is 39.7. The van der Waals surface area contributed by atoms with Crippen LogP contribution in [0.5, 0.6) is 0 Å². The van der Waals surface area contributed by atoms with Gasteiger partial charge in [-0.15, -0.1) is 0 Å². The van der Waals surface area contributed by atoms with Crippen LogP contribution in [-0.4, -0.2) is 97.3 Å². The Kier molecular flexibility index (Phi) is 13.5. The van der Waals surface area contributed by atoms with Gasteiger partial charge < -0.3 is 35.6 Å². The summed E-state index contributed by atoms with van der Waals surface area (Å²) in [6.45, 7) is 6.79. The Morgan fingerprint density at radius 2 is 1.90 bits per heavy atom. The van der Waals surface area contributed by atoms with E-state index in [1.165, 1.54) is 0 Å². The number of ether oxygens (including phenoxy) is 2. The number of rotatable bonds is 17. The predicted molar refractivity (Wildman–Crippen MR) is 195 cm³/mol. The summed E-state index contributed by atoms with van der Waals surface area (Å²) in [5.41, 5.74) is -1.89. The van der Waals surface area contributed by atoms with Crippen LogP contribution in [0.3, 0.4) is 0 Å². The van der Waals surface area contributed by atoms with Crippen LogP contribution in [0, 0.1) is 35.5 Å². The van der Waals surface area contributed by atoms with E-state index in [0.717, 1.165) is 89.5 Å². The molecule has 292 valence electrons. The SMILES string of the molecule is CC[NH2+]C1CC2C=CCCC2CC1C(CCCO)OC(=O)C12OC1(CC(CO)=C(C)CCC1CC[NH2+]C(NC[NH2+]C)C1)C(=O)C1CCCCC1C2=O. The van der Waals surface area contributed by atoms with Gasteiger partial charge in [-0.05, 0) is 101 Å². The zero-order valence-electron chi connectivity index (χ0n) is 32.2. The molecule has 11 nitrogen and oxygen atoms in total. The number of allylic oxidation sites excluding steroid dienone is 3. The Morgan fingerprint density at radius 1 is 1.12 bits per heavy atom. The van der Waals surface area contributed by atoms with Crippen molar-refractivity contribution in [3.8, 4) is 0 Å². The highest BCUT2D eigenvalue weighted by Gasteiger charge is 2.87. The Balaban J connectivity index is 1.24. The highest BCUT2D eigenvalue weighted by Crippen LogP contribution is 2.62. The molecule has 6 aliphatic rings. The molecule has 0 aromatic heterocycles. The van der Waals surface area contributed by atoms with Crippen molar-refractivity contribution >= 4 is 17.5 Å². The minimum Gasteiger partial charge on any atom is -0.459 e. The van der Waals surface area contributed by atoms with E-state index in [2.05, 4.69) is 47.4 Å². The highest BCUT2D eigenvalue weighted by molar-refractivity contribution is 6.23. The second-order valence-electron chi connectivity index (χ2n) is 17.1. The van der Waals surface area contributed by atoms with Crippen molar-refractivity contribution < 1.29 is 50.0 Å². The topological polar surface area (TPSA) is 175 Å². The summed E-state index contributed by atoms with van der Waals surface area (Å²) in [6.07, 6.45) is 16.6. The van der Waals surface area contributed by atoms with Gasteiger partial charge in [0.2, 0.25) is 0 Å². The van der Waals surface area contributed by atoms with Crippen LogP contribution < -0.4 is 21.3 Å². The number of hydrogen-bond donors (Lipinski definition) is 6. The van der Waals surface area contributed by atoms with Crippen LogP contribution in [0.2, 0.25) is 0 Å². The summed E-state index contributed by atoms with van der Waals surface area (Å²) in [4.78, 5) is 43.9. The van der Waals surface area contributed by atoms with Crippen molar-refractivity contribution in [1.29, 1.82) is 0 Å². The standard InChI is InChI=1S/C41H66N4O7/c1-4-43-34-22-29-11-6-5-10-28(29)21-33(34)35(14-9-19-46)51-39(50)41-38(49)32-13-8-7-12-31(32)37(48)40(41,52-41)23-30(24-47)26(2)15-16-27-17-18-44-36(20-27)45-25-42-3/h6,11,27-29,31-36,42-47H,4-5,7-10,12-25H2,1-3H3/p+3. The number of carbonyl (C=O) groups excluding carboxylic acids is 3. The highest BCUT2D eigenvalue weighted by atomic mass is 16.7. The maximum Gasteiger partial charge on any atom is 0.350 e. The average Bonchev–Trinajstić information content (AvgIpc) is 3.87. The van der Waals surface area contributed by atoms with Gasteiger partial charge in [0.25, 0.3) is 5.60 Å². The van der Waals surface area contributed by atoms with Gasteiger partial charge >= 0.3 is 5.97 Å². The van der Waals surface area contributed by atoms with Crippen molar-refractivity contribution in [2.24, 2.45) is 35.5 Å². The molecule has 0 aromatic carbocycles. The predicted octanol–water partition coefficient (Wildman–Crippen LogP) is 0.600. The van der Waals surface area contributed by atoms with E-state index in [1.54, 1.807) is 0 Å². The van der Waals surface area contributed by atoms with Gasteiger partial charge in [-0.3, -0.25) is 9.59 Å². The van der Waals surface area contributed by atoms with E-state index < -0.39 is 35.1 Å². The van der Waals surface area contributed by atoms with Crippen molar-refractivity contribution in [2.45, 2.75) is 140 Å². The molecule has 5 fully saturated rings. The molecule has 6 rings (SSSR count). The number of Topliss-reactive ketones (excluding diaryl/α,β-unsaturated/α-hetero) is 2. The van der Waals surface area contributed by atoms with E-state index >= 15 is 0 Å². The number of quaternary nitrogens is 3. The fraction of sp³-hybridized carbons (Fsp3) is 0.829. The van der Waals surface area contributed by atoms with Crippen LogP contribution in [0.25, 0.3) is 0 Å². The van der Waals surface area contributed by atoms with Crippen molar-refractivity contribution in [3.05, 3.63) is 23.3 Å². The van der Waals surface area contributed by atoms with E-state index in [9.17, 15) is 24.6 Å². The van der Waals surface area contributed by atoms with Crippen LogP contribution in [0.15, 0.2) is 23.3 Å². The molecule has 4 aliphatic carbocycles. The maximum atomic E-state index is 14.7. The zero-order valence-corrected chi connectivity index (χ0v) is 32.2. The van der Waals surface area contributed by atoms with Gasteiger partial charge in [-0.25, -0.2) is 10.1 Å². The van der Waals surface area contributed by atoms with Gasteiger partial charge in [0.05, 0.1) is 32.8 Å². The third-order valence-electron chi connectivity index (χ3n) is 14.0. The van der Waals surface area contributed by atoms with E-state index in [4.69, 9.17) is 9.47 Å². The molecular formula is C41H69N4O7+3. The number of esters is 1. The minimum absolute atomic E-state index is 0.0119. The molecule has 52 heavy (non-hydrogen) atoms. The number of piperidine rings is 1. The molecule has 3 saturated carbocycles. The number of ketones is 2. The third-order valence-corrected chi connectivity index (χ3v) is 14.0. The van der Waals surface area contributed by atoms with Crippen LogP contribution in [0.4, 0.5) is 0 Å². The molecule has 11 heteroatoms. The van der Waals surface area contributed by atoms with Crippen LogP contribution >= 0.6 is 0 Å². The summed E-state index contributed by atoms with van der Waals surface area (Å²) in [7, 11) is 2.06. The van der Waals surface area contributed by atoms with Gasteiger partial charge in [0.1, 0.15) is 18.9 Å². The lowest BCUT2D eigenvalue weighted by molar-refractivity contribution is -0.716. The lowest BCUT2D eigenvalue weighted by atomic mass is 9.60. The van der Waals surface area contributed by atoms with Gasteiger partial charge in [0, 0.05) is 43.6 Å². The van der Waals surface area contributed by atoms with Crippen molar-refractivity contribution in [3.63, 3.8) is 0 Å². The molecule has 11 unspecified atom stereocenters. The molecule has 0 aromatic rings. The molecular weight excluding hydrogens is 660 g/mol. The first-order chi connectivity index (χ1) is 25.2. The normalized spacial score (nSPS) is 38.1. The summed E-state index contributed by atoms with van der Waals surface area (Å²) in [5.74, 6) is -0.503. The number of nitrogens with two attached hydrogens (primary N) is 3. The number of hydrogen-bond acceptors (Lipinski definition) is 8. The smallest absolute Gasteiger partial charge is 0.350 e. The minimum atomic E-state index is -1.97. The third kappa shape index (κ3) is 7.88. The van der Waals surface area contributed by atoms with E-state index in [-0.39, 0.29) is 43.2 Å². The number of carbonyl (C=O) groups is 3. The zero-order chi connectivity index (χ0) is 36.9. The fourth-order valence-corrected chi connectivity index (χ4v) is 11.0. The number of aliphatic hydroxyl groups is 2. The molecule has 0 bridgehead atoms. The van der Waals surface area contributed by atoms with Crippen molar-refractivity contribution in [1.82, 2.24) is 5.32 Å². The first-order valence-electron chi connectivity index (χ1n) is 21.0. The Morgan fingerprint density at radius 3 is 2.63 bits per heavy atom. The molecule has 11 atom stereocenters. The second-order valence-corrected chi connectivity index (χ2v) is 17.1. The average molecular weight is 730 g/mol. The summed E-state index contributed by atoms with van der Waals surface area (Å²) in [6, 6.07) is 0.254. The number of fused-ring (bicyclic) bond motifs is 3. The lowest BCUT2D eigenvalue weighted by Gasteiger charge is -2.43. The van der Waals surface area contributed by atoms with Crippen molar-refractivity contribution in [2.75, 3.05) is 40.0 Å².